The van der Waals surface area contributed by atoms with Crippen molar-refractivity contribution in [2.24, 2.45) is 0 Å². The van der Waals surface area contributed by atoms with Crippen LogP contribution in [0.1, 0.15) is 18.1 Å². The summed E-state index contributed by atoms with van der Waals surface area (Å²) in [6, 6.07) is 9.89. The van der Waals surface area contributed by atoms with Crippen LogP contribution in [-0.4, -0.2) is 13.3 Å². The summed E-state index contributed by atoms with van der Waals surface area (Å²) in [6.45, 7) is 1.76. The molecule has 0 bridgehead atoms. The number of rotatable bonds is 5. The maximum absolute atomic E-state index is 13.0. The zero-order valence-electron chi connectivity index (χ0n) is 13.1. The van der Waals surface area contributed by atoms with Crippen molar-refractivity contribution >= 4 is 21.6 Å². The van der Waals surface area contributed by atoms with Crippen molar-refractivity contribution in [1.82, 2.24) is 0 Å². The lowest BCUT2D eigenvalue weighted by atomic mass is 10.1. The highest BCUT2D eigenvalue weighted by Gasteiger charge is 2.21. The molecule has 0 heterocycles. The Balaban J connectivity index is 2.54. The molecule has 0 atom stereocenters. The first kappa shape index (κ1) is 18.3. The third kappa shape index (κ3) is 3.89. The van der Waals surface area contributed by atoms with Gasteiger partial charge in [-0.2, -0.15) is 5.26 Å². The van der Waals surface area contributed by atoms with Crippen LogP contribution in [0.5, 0.6) is 0 Å². The molecule has 0 aliphatic heterocycles. The van der Waals surface area contributed by atoms with Crippen LogP contribution in [0.15, 0.2) is 52.3 Å². The minimum absolute atomic E-state index is 0.146. The molecule has 0 N–H and O–H groups in total. The van der Waals surface area contributed by atoms with Gasteiger partial charge < -0.3 is 0 Å². The average Bonchev–Trinajstić information content (AvgIpc) is 2.59. The number of hydrogen-bond acceptors (Lipinski definition) is 5. The third-order valence-electron chi connectivity index (χ3n) is 3.51. The van der Waals surface area contributed by atoms with Gasteiger partial charge >= 0.3 is 0 Å². The predicted octanol–water partition coefficient (Wildman–Crippen LogP) is 3.63. The fraction of sp³-hybridized carbons (Fsp3) is 0.118. The quantitative estimate of drug-likeness (QED) is 0.351. The summed E-state index contributed by atoms with van der Waals surface area (Å²) >= 11 is 0. The van der Waals surface area contributed by atoms with Gasteiger partial charge in [0.05, 0.1) is 9.82 Å². The Labute approximate surface area is 143 Å². The van der Waals surface area contributed by atoms with E-state index in [-0.39, 0.29) is 16.1 Å². The minimum atomic E-state index is -4.15. The van der Waals surface area contributed by atoms with Crippen LogP contribution in [0.25, 0.3) is 6.08 Å². The van der Waals surface area contributed by atoms with Gasteiger partial charge in [-0.05, 0) is 42.3 Å². The highest BCUT2D eigenvalue weighted by Crippen LogP contribution is 2.25. The highest BCUT2D eigenvalue weighted by atomic mass is 32.2. The molecular formula is C17H13FN2O4S. The first-order valence-corrected chi connectivity index (χ1v) is 8.67. The number of nitrogens with zero attached hydrogens (tertiary/aromatic N) is 2. The van der Waals surface area contributed by atoms with Crippen LogP contribution in [0, 0.1) is 27.3 Å². The Morgan fingerprint density at radius 2 is 1.92 bits per heavy atom. The van der Waals surface area contributed by atoms with Gasteiger partial charge in [0.25, 0.3) is 5.69 Å². The number of allylic oxidation sites excluding steroid dienone is 1. The lowest BCUT2D eigenvalue weighted by Gasteiger charge is -2.04. The summed E-state index contributed by atoms with van der Waals surface area (Å²) in [5.74, 6) is -0.604. The van der Waals surface area contributed by atoms with E-state index in [0.717, 1.165) is 30.3 Å². The Kier molecular flexibility index (Phi) is 5.29. The molecule has 0 saturated carbocycles. The molecule has 0 amide bonds. The van der Waals surface area contributed by atoms with Crippen molar-refractivity contribution < 1.29 is 17.7 Å². The molecule has 0 fully saturated rings. The van der Waals surface area contributed by atoms with Crippen molar-refractivity contribution in [1.29, 1.82) is 5.26 Å². The lowest BCUT2D eigenvalue weighted by molar-refractivity contribution is -0.385. The molecule has 0 aliphatic rings. The summed E-state index contributed by atoms with van der Waals surface area (Å²) < 4.78 is 37.9. The molecule has 8 heteroatoms. The fourth-order valence-electron chi connectivity index (χ4n) is 2.20. The van der Waals surface area contributed by atoms with Crippen molar-refractivity contribution in [3.05, 3.63) is 74.4 Å². The zero-order valence-corrected chi connectivity index (χ0v) is 14.0. The van der Waals surface area contributed by atoms with Crippen molar-refractivity contribution in [2.45, 2.75) is 18.2 Å². The van der Waals surface area contributed by atoms with Crippen molar-refractivity contribution in [3.63, 3.8) is 0 Å². The second-order valence-corrected chi connectivity index (χ2v) is 6.99. The van der Waals surface area contributed by atoms with Crippen LogP contribution in [0.4, 0.5) is 10.1 Å². The van der Waals surface area contributed by atoms with E-state index in [0.29, 0.717) is 12.0 Å². The molecule has 2 aromatic carbocycles. The van der Waals surface area contributed by atoms with Gasteiger partial charge in [-0.25, -0.2) is 12.8 Å². The van der Waals surface area contributed by atoms with Crippen LogP contribution < -0.4 is 0 Å². The number of halogens is 1. The van der Waals surface area contributed by atoms with E-state index in [1.807, 2.05) is 0 Å². The van der Waals surface area contributed by atoms with Gasteiger partial charge in [0.15, 0.2) is 0 Å². The topological polar surface area (TPSA) is 101 Å². The fourth-order valence-corrected chi connectivity index (χ4v) is 3.36. The summed E-state index contributed by atoms with van der Waals surface area (Å²) in [5, 5.41) is 20.3. The Bertz CT molecular complexity index is 990. The van der Waals surface area contributed by atoms with Gasteiger partial charge in [0, 0.05) is 11.6 Å². The maximum Gasteiger partial charge on any atom is 0.273 e. The normalized spacial score (nSPS) is 11.8. The van der Waals surface area contributed by atoms with E-state index in [2.05, 4.69) is 0 Å². The smallest absolute Gasteiger partial charge is 0.258 e. The third-order valence-corrected chi connectivity index (χ3v) is 5.19. The standard InChI is InChI=1S/C17H13FN2O4S/c1-2-13-4-3-12(10-17(13)20(21)22)9-16(11-19)25(23,24)15-7-5-14(18)6-8-15/h3-10H,2H2,1H3/b16-9+. The van der Waals surface area contributed by atoms with E-state index in [1.165, 1.54) is 18.2 Å². The number of hydrogen-bond donors (Lipinski definition) is 0. The monoisotopic (exact) mass is 360 g/mol. The molecule has 0 aromatic heterocycles. The minimum Gasteiger partial charge on any atom is -0.258 e. The van der Waals surface area contributed by atoms with Crippen LogP contribution >= 0.6 is 0 Å². The average molecular weight is 360 g/mol. The van der Waals surface area contributed by atoms with E-state index in [4.69, 9.17) is 0 Å². The highest BCUT2D eigenvalue weighted by molar-refractivity contribution is 7.95. The Morgan fingerprint density at radius 3 is 2.44 bits per heavy atom. The predicted molar refractivity (Wildman–Crippen MR) is 89.7 cm³/mol. The van der Waals surface area contributed by atoms with E-state index in [9.17, 15) is 28.2 Å². The molecule has 0 spiro atoms. The second-order valence-electron chi connectivity index (χ2n) is 5.08. The molecule has 0 aliphatic carbocycles. The van der Waals surface area contributed by atoms with Gasteiger partial charge in [0.2, 0.25) is 9.84 Å². The van der Waals surface area contributed by atoms with E-state index in [1.54, 1.807) is 13.0 Å². The molecule has 2 rings (SSSR count). The number of benzene rings is 2. The lowest BCUT2D eigenvalue weighted by Crippen LogP contribution is -2.04. The second kappa shape index (κ2) is 7.23. The molecule has 6 nitrogen and oxygen atoms in total. The maximum atomic E-state index is 13.0. The van der Waals surface area contributed by atoms with Crippen molar-refractivity contribution in [3.8, 4) is 6.07 Å². The summed E-state index contributed by atoms with van der Waals surface area (Å²) in [6.07, 6.45) is 1.50. The number of sulfone groups is 1. The molecule has 0 unspecified atom stereocenters. The van der Waals surface area contributed by atoms with Gasteiger partial charge in [-0.1, -0.05) is 19.1 Å². The number of nitro groups is 1. The molecule has 0 saturated heterocycles. The molecular weight excluding hydrogens is 347 g/mol. The number of aryl methyl sites for hydroxylation is 1. The van der Waals surface area contributed by atoms with Gasteiger partial charge in [-0.3, -0.25) is 10.1 Å². The van der Waals surface area contributed by atoms with Crippen LogP contribution in [0.3, 0.4) is 0 Å². The summed E-state index contributed by atoms with van der Waals surface area (Å²) in [4.78, 5) is 9.73. The van der Waals surface area contributed by atoms with Crippen molar-refractivity contribution in [2.75, 3.05) is 0 Å². The number of nitriles is 1. The number of nitro benzene ring substituents is 1. The van der Waals surface area contributed by atoms with Crippen LogP contribution in [-0.2, 0) is 16.3 Å². The van der Waals surface area contributed by atoms with Crippen LogP contribution in [0.2, 0.25) is 0 Å². The Morgan fingerprint density at radius 1 is 1.28 bits per heavy atom. The van der Waals surface area contributed by atoms with E-state index < -0.39 is 25.5 Å². The molecule has 25 heavy (non-hydrogen) atoms. The molecule has 0 radical (unpaired) electrons. The molecule has 2 aromatic rings. The van der Waals surface area contributed by atoms with Gasteiger partial charge in [-0.15, -0.1) is 0 Å². The zero-order chi connectivity index (χ0) is 18.6. The SMILES string of the molecule is CCc1ccc(/C=C(\C#N)S(=O)(=O)c2ccc(F)cc2)cc1[N+](=O)[O-]. The first-order chi connectivity index (χ1) is 11.8. The largest absolute Gasteiger partial charge is 0.273 e. The Hall–Kier alpha value is -3.05. The van der Waals surface area contributed by atoms with Gasteiger partial charge in [0.1, 0.15) is 16.8 Å². The summed E-state index contributed by atoms with van der Waals surface area (Å²) in [5.41, 5.74) is 0.570. The summed E-state index contributed by atoms with van der Waals surface area (Å²) in [7, 11) is -4.15. The molecule has 128 valence electrons. The first-order valence-electron chi connectivity index (χ1n) is 7.19. The van der Waals surface area contributed by atoms with E-state index >= 15 is 0 Å².